The van der Waals surface area contributed by atoms with Crippen LogP contribution in [-0.4, -0.2) is 19.6 Å². The molecule has 2 heterocycles. The Hall–Kier alpha value is -2.37. The van der Waals surface area contributed by atoms with Crippen LogP contribution >= 0.6 is 0 Å². The van der Waals surface area contributed by atoms with E-state index in [9.17, 15) is 14.7 Å². The predicted octanol–water partition coefficient (Wildman–Crippen LogP) is 0.555. The Morgan fingerprint density at radius 3 is 2.78 bits per heavy atom. The summed E-state index contributed by atoms with van der Waals surface area (Å²) in [6.45, 7) is 3.20. The van der Waals surface area contributed by atoms with Crippen molar-refractivity contribution < 1.29 is 5.11 Å². The maximum absolute atomic E-state index is 11.8. The zero-order valence-electron chi connectivity index (χ0n) is 10.0. The molecule has 0 saturated heterocycles. The molecule has 0 spiro atoms. The highest BCUT2D eigenvalue weighted by atomic mass is 16.3. The number of aromatic nitrogens is 3. The van der Waals surface area contributed by atoms with Gasteiger partial charge in [0, 0.05) is 12.4 Å². The molecule has 1 unspecified atom stereocenters. The number of aromatic amines is 1. The number of hydrogen-bond donors (Lipinski definition) is 2. The highest BCUT2D eigenvalue weighted by molar-refractivity contribution is 5.24. The zero-order valence-corrected chi connectivity index (χ0v) is 10.0. The van der Waals surface area contributed by atoms with Gasteiger partial charge in [0.15, 0.2) is 0 Å². The van der Waals surface area contributed by atoms with E-state index in [1.165, 1.54) is 6.92 Å². The number of nitrogens with zero attached hydrogens (tertiary/aromatic N) is 2. The average Bonchev–Trinajstić information content (AvgIpc) is 2.37. The van der Waals surface area contributed by atoms with Crippen molar-refractivity contribution in [3.63, 3.8) is 0 Å². The van der Waals surface area contributed by atoms with Gasteiger partial charge in [-0.25, -0.2) is 4.79 Å². The Kier molecular flexibility index (Phi) is 3.01. The van der Waals surface area contributed by atoms with Crippen molar-refractivity contribution in [2.24, 2.45) is 0 Å². The predicted molar refractivity (Wildman–Crippen MR) is 65.8 cm³/mol. The van der Waals surface area contributed by atoms with Gasteiger partial charge in [-0.15, -0.1) is 0 Å². The summed E-state index contributed by atoms with van der Waals surface area (Å²) in [5.41, 5.74) is -0.335. The molecular formula is C12H13N3O3. The Morgan fingerprint density at radius 1 is 1.44 bits per heavy atom. The Morgan fingerprint density at radius 2 is 2.17 bits per heavy atom. The second-order valence-electron chi connectivity index (χ2n) is 4.04. The molecule has 0 saturated carbocycles. The zero-order chi connectivity index (χ0) is 13.3. The third kappa shape index (κ3) is 1.92. The van der Waals surface area contributed by atoms with E-state index < -0.39 is 17.3 Å². The average molecular weight is 247 g/mol. The molecule has 6 nitrogen and oxygen atoms in total. The molecule has 1 atom stereocenters. The van der Waals surface area contributed by atoms with Crippen LogP contribution in [0.1, 0.15) is 24.1 Å². The summed E-state index contributed by atoms with van der Waals surface area (Å²) in [6.07, 6.45) is 3.23. The summed E-state index contributed by atoms with van der Waals surface area (Å²) < 4.78 is 1.13. The molecule has 94 valence electrons. The number of aromatic hydroxyl groups is 1. The molecule has 2 N–H and O–H groups in total. The van der Waals surface area contributed by atoms with E-state index in [0.717, 1.165) is 10.1 Å². The van der Waals surface area contributed by atoms with Crippen LogP contribution in [0.15, 0.2) is 34.1 Å². The van der Waals surface area contributed by atoms with E-state index >= 15 is 0 Å². The Balaban J connectivity index is 2.63. The minimum Gasteiger partial charge on any atom is -0.494 e. The first-order valence-corrected chi connectivity index (χ1v) is 5.46. The number of hydrogen-bond acceptors (Lipinski definition) is 4. The molecule has 0 amide bonds. The number of rotatable bonds is 2. The van der Waals surface area contributed by atoms with Crippen LogP contribution in [0.2, 0.25) is 0 Å². The third-order valence-electron chi connectivity index (χ3n) is 2.90. The lowest BCUT2D eigenvalue weighted by Crippen LogP contribution is -2.33. The summed E-state index contributed by atoms with van der Waals surface area (Å²) in [5, 5.41) is 9.91. The minimum atomic E-state index is -0.639. The topological polar surface area (TPSA) is 88.0 Å². The lowest BCUT2D eigenvalue weighted by molar-refractivity contribution is 0.384. The highest BCUT2D eigenvalue weighted by Gasteiger charge is 2.16. The van der Waals surface area contributed by atoms with E-state index in [-0.39, 0.29) is 11.4 Å². The first-order chi connectivity index (χ1) is 8.52. The van der Waals surface area contributed by atoms with Crippen LogP contribution in [0.25, 0.3) is 0 Å². The minimum absolute atomic E-state index is 0.116. The summed E-state index contributed by atoms with van der Waals surface area (Å²) in [7, 11) is 0. The second-order valence-corrected chi connectivity index (χ2v) is 4.04. The van der Waals surface area contributed by atoms with Gasteiger partial charge in [0.25, 0.3) is 5.56 Å². The van der Waals surface area contributed by atoms with E-state index in [4.69, 9.17) is 0 Å². The molecule has 0 aromatic carbocycles. The Bertz CT molecular complexity index is 673. The van der Waals surface area contributed by atoms with Crippen LogP contribution in [0.4, 0.5) is 0 Å². The largest absolute Gasteiger partial charge is 0.494 e. The maximum atomic E-state index is 11.8. The van der Waals surface area contributed by atoms with Gasteiger partial charge in [-0.05, 0) is 25.5 Å². The summed E-state index contributed by atoms with van der Waals surface area (Å²) in [5.74, 6) is -0.319. The molecule has 2 aromatic rings. The van der Waals surface area contributed by atoms with Gasteiger partial charge >= 0.3 is 5.69 Å². The van der Waals surface area contributed by atoms with Crippen molar-refractivity contribution in [1.29, 1.82) is 0 Å². The van der Waals surface area contributed by atoms with E-state index in [1.54, 1.807) is 31.5 Å². The SMILES string of the molecule is Cc1c(O)n(C(C)c2cccnc2)c(=O)[nH]c1=O. The fourth-order valence-electron chi connectivity index (χ4n) is 1.76. The van der Waals surface area contributed by atoms with Crippen molar-refractivity contribution in [2.75, 3.05) is 0 Å². The lowest BCUT2D eigenvalue weighted by atomic mass is 10.1. The normalized spacial score (nSPS) is 12.3. The van der Waals surface area contributed by atoms with Crippen LogP contribution in [0.5, 0.6) is 5.88 Å². The fraction of sp³-hybridized carbons (Fsp3) is 0.250. The summed E-state index contributed by atoms with van der Waals surface area (Å²) >= 11 is 0. The van der Waals surface area contributed by atoms with Gasteiger partial charge in [-0.3, -0.25) is 19.3 Å². The standard InChI is InChI=1S/C12H13N3O3/c1-7-10(16)14-12(18)15(11(7)17)8(2)9-4-3-5-13-6-9/h3-6,8,17H,1-2H3,(H,14,16,18). The first-order valence-electron chi connectivity index (χ1n) is 5.46. The number of nitrogens with one attached hydrogen (secondary N) is 1. The third-order valence-corrected chi connectivity index (χ3v) is 2.90. The Labute approximate surface area is 103 Å². The molecule has 0 bridgehead atoms. The van der Waals surface area contributed by atoms with Crippen molar-refractivity contribution in [1.82, 2.24) is 14.5 Å². The van der Waals surface area contributed by atoms with Crippen molar-refractivity contribution in [2.45, 2.75) is 19.9 Å². The van der Waals surface area contributed by atoms with Gasteiger partial charge in [0.2, 0.25) is 5.88 Å². The fourth-order valence-corrected chi connectivity index (χ4v) is 1.76. The lowest BCUT2D eigenvalue weighted by Gasteiger charge is -2.17. The molecular weight excluding hydrogens is 234 g/mol. The van der Waals surface area contributed by atoms with Crippen molar-refractivity contribution in [3.8, 4) is 5.88 Å². The van der Waals surface area contributed by atoms with Crippen LogP contribution in [0, 0.1) is 6.92 Å². The smallest absolute Gasteiger partial charge is 0.331 e. The summed E-state index contributed by atoms with van der Waals surface area (Å²) in [6, 6.07) is 3.12. The molecule has 0 aliphatic carbocycles. The van der Waals surface area contributed by atoms with Crippen LogP contribution in [0.3, 0.4) is 0 Å². The molecule has 6 heteroatoms. The summed E-state index contributed by atoms with van der Waals surface area (Å²) in [4.78, 5) is 29.2. The van der Waals surface area contributed by atoms with Gasteiger partial charge in [-0.1, -0.05) is 6.07 Å². The number of pyridine rings is 1. The molecule has 18 heavy (non-hydrogen) atoms. The molecule has 0 aliphatic heterocycles. The molecule has 0 aliphatic rings. The quantitative estimate of drug-likeness (QED) is 0.811. The van der Waals surface area contributed by atoms with Crippen LogP contribution in [-0.2, 0) is 0 Å². The van der Waals surface area contributed by atoms with Crippen molar-refractivity contribution in [3.05, 3.63) is 56.5 Å². The van der Waals surface area contributed by atoms with E-state index in [2.05, 4.69) is 9.97 Å². The van der Waals surface area contributed by atoms with Gasteiger partial charge < -0.3 is 5.11 Å². The van der Waals surface area contributed by atoms with E-state index in [0.29, 0.717) is 0 Å². The van der Waals surface area contributed by atoms with E-state index in [1.807, 2.05) is 0 Å². The maximum Gasteiger partial charge on any atom is 0.331 e. The highest BCUT2D eigenvalue weighted by Crippen LogP contribution is 2.20. The molecule has 0 radical (unpaired) electrons. The first kappa shape index (κ1) is 12.1. The monoisotopic (exact) mass is 247 g/mol. The van der Waals surface area contributed by atoms with Crippen LogP contribution < -0.4 is 11.2 Å². The second kappa shape index (κ2) is 4.48. The molecule has 2 rings (SSSR count). The molecule has 2 aromatic heterocycles. The molecule has 0 fully saturated rings. The van der Waals surface area contributed by atoms with Crippen molar-refractivity contribution >= 4 is 0 Å². The van der Waals surface area contributed by atoms with Gasteiger partial charge in [-0.2, -0.15) is 0 Å². The van der Waals surface area contributed by atoms with Gasteiger partial charge in [0.1, 0.15) is 0 Å². The van der Waals surface area contributed by atoms with Gasteiger partial charge in [0.05, 0.1) is 11.6 Å². The number of H-pyrrole nitrogens is 1.